The number of likely N-dealkylation sites (N-methyl/N-ethyl adjacent to an activating group) is 1. The third-order valence-electron chi connectivity index (χ3n) is 5.84. The van der Waals surface area contributed by atoms with E-state index in [-0.39, 0.29) is 18.4 Å². The molecule has 4 amide bonds. The predicted molar refractivity (Wildman–Crippen MR) is 101 cm³/mol. The lowest BCUT2D eigenvalue weighted by molar-refractivity contribution is -0.139. The van der Waals surface area contributed by atoms with Crippen molar-refractivity contribution >= 4 is 17.8 Å². The number of nitrogens with one attached hydrogen (secondary N) is 1. The molecule has 2 fully saturated rings. The molecule has 0 aromatic heterocycles. The highest BCUT2D eigenvalue weighted by atomic mass is 16.2. The minimum absolute atomic E-state index is 0.153. The molecule has 2 rings (SSSR count). The van der Waals surface area contributed by atoms with Crippen molar-refractivity contribution in [3.63, 3.8) is 0 Å². The lowest BCUT2D eigenvalue weighted by Gasteiger charge is -2.34. The first kappa shape index (κ1) is 20.7. The largest absolute Gasteiger partial charge is 0.341 e. The van der Waals surface area contributed by atoms with Crippen LogP contribution in [0.3, 0.4) is 0 Å². The minimum atomic E-state index is -0.773. The molecule has 2 aliphatic rings. The van der Waals surface area contributed by atoms with Gasteiger partial charge < -0.3 is 15.1 Å². The van der Waals surface area contributed by atoms with E-state index in [2.05, 4.69) is 17.1 Å². The fourth-order valence-corrected chi connectivity index (χ4v) is 4.01. The number of imide groups is 1. The molecule has 1 saturated carbocycles. The number of rotatable bonds is 8. The van der Waals surface area contributed by atoms with Crippen LogP contribution in [0.4, 0.5) is 4.79 Å². The predicted octanol–water partition coefficient (Wildman–Crippen LogP) is 1.68. The summed E-state index contributed by atoms with van der Waals surface area (Å²) in [6, 6.07) is -0.414. The van der Waals surface area contributed by atoms with E-state index in [9.17, 15) is 14.4 Å². The summed E-state index contributed by atoms with van der Waals surface area (Å²) < 4.78 is 0. The van der Waals surface area contributed by atoms with E-state index in [1.165, 1.54) is 0 Å². The molecule has 0 aromatic rings. The van der Waals surface area contributed by atoms with Crippen molar-refractivity contribution in [3.05, 3.63) is 0 Å². The van der Waals surface area contributed by atoms with E-state index in [4.69, 9.17) is 0 Å². The van der Waals surface area contributed by atoms with E-state index in [0.717, 1.165) is 37.1 Å². The summed E-state index contributed by atoms with van der Waals surface area (Å²) in [5.41, 5.74) is -0.773. The number of nitrogens with zero attached hydrogens (tertiary/aromatic N) is 3. The summed E-state index contributed by atoms with van der Waals surface area (Å²) in [4.78, 5) is 42.8. The molecule has 1 saturated heterocycles. The van der Waals surface area contributed by atoms with Gasteiger partial charge in [-0.3, -0.25) is 14.5 Å². The first-order chi connectivity index (χ1) is 12.3. The molecule has 1 spiro atoms. The van der Waals surface area contributed by atoms with E-state index in [0.29, 0.717) is 31.8 Å². The zero-order valence-corrected chi connectivity index (χ0v) is 16.7. The van der Waals surface area contributed by atoms with Crippen LogP contribution in [0.25, 0.3) is 0 Å². The molecule has 148 valence electrons. The molecule has 0 aromatic carbocycles. The molecule has 1 heterocycles. The van der Waals surface area contributed by atoms with Gasteiger partial charge in [-0.05, 0) is 65.6 Å². The van der Waals surface area contributed by atoms with Gasteiger partial charge in [0.25, 0.3) is 5.91 Å². The lowest BCUT2D eigenvalue weighted by Crippen LogP contribution is -2.50. The van der Waals surface area contributed by atoms with E-state index in [1.807, 2.05) is 21.0 Å². The highest BCUT2D eigenvalue weighted by Gasteiger charge is 2.52. The van der Waals surface area contributed by atoms with E-state index >= 15 is 0 Å². The molecule has 0 radical (unpaired) electrons. The quantitative estimate of drug-likeness (QED) is 0.664. The Bertz CT molecular complexity index is 527. The number of urea groups is 1. The monoisotopic (exact) mass is 366 g/mol. The van der Waals surface area contributed by atoms with Crippen LogP contribution in [0.15, 0.2) is 0 Å². The Labute approximate surface area is 157 Å². The van der Waals surface area contributed by atoms with Crippen LogP contribution >= 0.6 is 0 Å². The maximum Gasteiger partial charge on any atom is 0.325 e. The molecule has 7 nitrogen and oxygen atoms in total. The van der Waals surface area contributed by atoms with Crippen LogP contribution in [0.2, 0.25) is 0 Å². The molecular formula is C19H34N4O3. The molecule has 1 N–H and O–H groups in total. The maximum atomic E-state index is 12.9. The zero-order chi connectivity index (χ0) is 19.3. The normalized spacial score (nSPS) is 25.9. The molecule has 1 aliphatic carbocycles. The Morgan fingerprint density at radius 1 is 1.19 bits per heavy atom. The third kappa shape index (κ3) is 4.55. The van der Waals surface area contributed by atoms with Crippen LogP contribution < -0.4 is 5.32 Å². The van der Waals surface area contributed by atoms with Crippen molar-refractivity contribution in [2.75, 3.05) is 40.3 Å². The van der Waals surface area contributed by atoms with Gasteiger partial charge in [0.1, 0.15) is 12.1 Å². The molecular weight excluding hydrogens is 332 g/mol. The van der Waals surface area contributed by atoms with Crippen LogP contribution in [0, 0.1) is 5.92 Å². The second-order valence-corrected chi connectivity index (χ2v) is 7.89. The summed E-state index contributed by atoms with van der Waals surface area (Å²) in [6.07, 6.45) is 5.25. The van der Waals surface area contributed by atoms with Crippen LogP contribution in [0.1, 0.15) is 52.4 Å². The van der Waals surface area contributed by atoms with E-state index in [1.54, 1.807) is 4.90 Å². The molecule has 26 heavy (non-hydrogen) atoms. The van der Waals surface area contributed by atoms with Crippen LogP contribution in [0.5, 0.6) is 0 Å². The van der Waals surface area contributed by atoms with Crippen molar-refractivity contribution < 1.29 is 14.4 Å². The Morgan fingerprint density at radius 3 is 2.38 bits per heavy atom. The Balaban J connectivity index is 1.95. The average molecular weight is 367 g/mol. The van der Waals surface area contributed by atoms with Crippen LogP contribution in [-0.4, -0.2) is 78.4 Å². The highest BCUT2D eigenvalue weighted by Crippen LogP contribution is 2.37. The smallest absolute Gasteiger partial charge is 0.325 e. The highest BCUT2D eigenvalue weighted by molar-refractivity contribution is 6.09. The molecule has 1 aliphatic heterocycles. The first-order valence-electron chi connectivity index (χ1n) is 9.89. The fourth-order valence-electron chi connectivity index (χ4n) is 4.01. The second-order valence-electron chi connectivity index (χ2n) is 7.89. The number of carbonyl (C=O) groups is 3. The number of amides is 4. The van der Waals surface area contributed by atoms with Crippen molar-refractivity contribution in [3.8, 4) is 0 Å². The minimum Gasteiger partial charge on any atom is -0.341 e. The van der Waals surface area contributed by atoms with Gasteiger partial charge in [-0.15, -0.1) is 0 Å². The zero-order valence-electron chi connectivity index (χ0n) is 16.7. The summed E-state index contributed by atoms with van der Waals surface area (Å²) in [6.45, 7) is 6.05. The van der Waals surface area contributed by atoms with Gasteiger partial charge in [0.2, 0.25) is 5.91 Å². The standard InChI is InChI=1S/C19H34N4O3/c1-5-15-8-10-19(11-9-15)17(25)23(18(26)20-19)14-16(24)22(6-2)13-7-12-21(3)4/h15H,5-14H2,1-4H3,(H,20,26). The van der Waals surface area contributed by atoms with Gasteiger partial charge in [0.15, 0.2) is 0 Å². The van der Waals surface area contributed by atoms with Crippen molar-refractivity contribution in [2.24, 2.45) is 5.92 Å². The Kier molecular flexibility index (Phi) is 7.03. The third-order valence-corrected chi connectivity index (χ3v) is 5.84. The van der Waals surface area contributed by atoms with Gasteiger partial charge in [-0.2, -0.15) is 0 Å². The second kappa shape index (κ2) is 8.84. The summed E-state index contributed by atoms with van der Waals surface area (Å²) >= 11 is 0. The van der Waals surface area contributed by atoms with Crippen LogP contribution in [-0.2, 0) is 9.59 Å². The van der Waals surface area contributed by atoms with E-state index < -0.39 is 11.6 Å². The Morgan fingerprint density at radius 2 is 1.85 bits per heavy atom. The summed E-state index contributed by atoms with van der Waals surface area (Å²) in [7, 11) is 4.00. The van der Waals surface area contributed by atoms with Gasteiger partial charge in [-0.1, -0.05) is 13.3 Å². The molecule has 7 heteroatoms. The Hall–Kier alpha value is -1.63. The SMILES string of the molecule is CCC1CCC2(CC1)NC(=O)N(CC(=O)N(CC)CCCN(C)C)C2=O. The lowest BCUT2D eigenvalue weighted by atomic mass is 9.75. The molecule has 0 atom stereocenters. The number of hydrogen-bond donors (Lipinski definition) is 1. The average Bonchev–Trinajstić information content (AvgIpc) is 2.83. The first-order valence-corrected chi connectivity index (χ1v) is 9.89. The number of carbonyl (C=O) groups excluding carboxylic acids is 3. The van der Waals surface area contributed by atoms with Gasteiger partial charge in [0, 0.05) is 13.1 Å². The van der Waals surface area contributed by atoms with Gasteiger partial charge in [0.05, 0.1) is 0 Å². The van der Waals surface area contributed by atoms with Crippen molar-refractivity contribution in [2.45, 2.75) is 57.9 Å². The fraction of sp³-hybridized carbons (Fsp3) is 0.842. The topological polar surface area (TPSA) is 73.0 Å². The summed E-state index contributed by atoms with van der Waals surface area (Å²) in [5, 5.41) is 2.89. The van der Waals surface area contributed by atoms with Gasteiger partial charge >= 0.3 is 6.03 Å². The molecule has 0 bridgehead atoms. The number of hydrogen-bond acceptors (Lipinski definition) is 4. The van der Waals surface area contributed by atoms with Crippen molar-refractivity contribution in [1.29, 1.82) is 0 Å². The summed E-state index contributed by atoms with van der Waals surface area (Å²) in [5.74, 6) is 0.261. The molecule has 0 unspecified atom stereocenters. The van der Waals surface area contributed by atoms with Gasteiger partial charge in [-0.25, -0.2) is 4.79 Å². The van der Waals surface area contributed by atoms with Crippen molar-refractivity contribution in [1.82, 2.24) is 20.0 Å². The maximum absolute atomic E-state index is 12.9.